The highest BCUT2D eigenvalue weighted by atomic mass is 16.5. The van der Waals surface area contributed by atoms with Gasteiger partial charge in [-0.2, -0.15) is 0 Å². The minimum Gasteiger partial charge on any atom is -0.465 e. The summed E-state index contributed by atoms with van der Waals surface area (Å²) in [4.78, 5) is 14.9. The van der Waals surface area contributed by atoms with E-state index in [0.29, 0.717) is 17.1 Å². The maximum atomic E-state index is 10.9. The predicted molar refractivity (Wildman–Crippen MR) is 98.0 cm³/mol. The normalized spacial score (nSPS) is 10.7. The van der Waals surface area contributed by atoms with Gasteiger partial charge in [0.1, 0.15) is 11.4 Å². The van der Waals surface area contributed by atoms with Crippen LogP contribution in [0.15, 0.2) is 53.3 Å². The molecule has 0 aliphatic carbocycles. The van der Waals surface area contributed by atoms with Gasteiger partial charge in [0.25, 0.3) is 0 Å². The van der Waals surface area contributed by atoms with Crippen molar-refractivity contribution in [1.29, 1.82) is 0 Å². The monoisotopic (exact) mass is 352 g/mol. The van der Waals surface area contributed by atoms with Gasteiger partial charge in [0.2, 0.25) is 0 Å². The Balaban J connectivity index is 1.58. The second kappa shape index (κ2) is 8.26. The molecule has 1 aromatic carbocycles. The van der Waals surface area contributed by atoms with Gasteiger partial charge in [-0.15, -0.1) is 0 Å². The van der Waals surface area contributed by atoms with Gasteiger partial charge in [0.15, 0.2) is 5.76 Å². The van der Waals surface area contributed by atoms with E-state index in [1.54, 1.807) is 19.3 Å². The molecule has 0 saturated heterocycles. The molecule has 3 aromatic rings. The van der Waals surface area contributed by atoms with Crippen LogP contribution in [0.1, 0.15) is 16.8 Å². The van der Waals surface area contributed by atoms with Crippen molar-refractivity contribution >= 4 is 11.8 Å². The van der Waals surface area contributed by atoms with Crippen molar-refractivity contribution in [2.75, 3.05) is 11.9 Å². The van der Waals surface area contributed by atoms with E-state index in [1.165, 1.54) is 5.56 Å². The minimum atomic E-state index is -1.15. The van der Waals surface area contributed by atoms with Gasteiger partial charge in [0.05, 0.1) is 0 Å². The first-order chi connectivity index (χ1) is 12.6. The van der Waals surface area contributed by atoms with Crippen LogP contribution in [0.5, 0.6) is 0 Å². The first-order valence-electron chi connectivity index (χ1n) is 8.28. The molecule has 0 atom stereocenters. The molecule has 3 N–H and O–H groups in total. The lowest BCUT2D eigenvalue weighted by atomic mass is 10.1. The lowest BCUT2D eigenvalue weighted by Crippen LogP contribution is -2.16. The van der Waals surface area contributed by atoms with Gasteiger partial charge in [-0.05, 0) is 43.1 Å². The van der Waals surface area contributed by atoms with E-state index in [2.05, 4.69) is 20.8 Å². The number of aryl methyl sites for hydroxylation is 1. The molecule has 7 nitrogen and oxygen atoms in total. The molecule has 3 rings (SSSR count). The molecule has 0 aliphatic rings. The fourth-order valence-corrected chi connectivity index (χ4v) is 2.61. The van der Waals surface area contributed by atoms with Gasteiger partial charge in [-0.25, -0.2) is 4.79 Å². The summed E-state index contributed by atoms with van der Waals surface area (Å²) < 4.78 is 5.27. The molecule has 0 fully saturated rings. The van der Waals surface area contributed by atoms with Crippen LogP contribution < -0.4 is 10.6 Å². The Morgan fingerprint density at radius 2 is 1.85 bits per heavy atom. The Morgan fingerprint density at radius 1 is 1.12 bits per heavy atom. The number of nitrogens with one attached hydrogen (secondary N) is 2. The quantitative estimate of drug-likeness (QED) is 0.563. The molecule has 1 amide bonds. The van der Waals surface area contributed by atoms with E-state index in [-0.39, 0.29) is 0 Å². The number of pyridine rings is 1. The zero-order valence-electron chi connectivity index (χ0n) is 14.4. The minimum absolute atomic E-state index is 0.376. The van der Waals surface area contributed by atoms with Crippen LogP contribution in [0.3, 0.4) is 0 Å². The van der Waals surface area contributed by atoms with Crippen molar-refractivity contribution in [1.82, 2.24) is 15.5 Å². The van der Waals surface area contributed by atoms with Gasteiger partial charge in [0, 0.05) is 24.5 Å². The fourth-order valence-electron chi connectivity index (χ4n) is 2.61. The zero-order valence-corrected chi connectivity index (χ0v) is 14.4. The Labute approximate surface area is 151 Å². The van der Waals surface area contributed by atoms with Crippen LogP contribution in [0.25, 0.3) is 11.3 Å². The topological polar surface area (TPSA) is 100 Å². The van der Waals surface area contributed by atoms with E-state index in [9.17, 15) is 4.79 Å². The summed E-state index contributed by atoms with van der Waals surface area (Å²) in [6, 6.07) is 11.8. The lowest BCUT2D eigenvalue weighted by molar-refractivity contribution is 0.209. The highest BCUT2D eigenvalue weighted by Gasteiger charge is 2.16. The predicted octanol–water partition coefficient (Wildman–Crippen LogP) is 3.47. The number of nitrogens with zero attached hydrogens (tertiary/aromatic N) is 2. The third-order valence-electron chi connectivity index (χ3n) is 3.98. The maximum absolute atomic E-state index is 10.9. The summed E-state index contributed by atoms with van der Waals surface area (Å²) >= 11 is 0. The Hall–Kier alpha value is -3.19. The molecule has 0 saturated carbocycles. The second-order valence-electron chi connectivity index (χ2n) is 5.88. The molecule has 26 heavy (non-hydrogen) atoms. The second-order valence-corrected chi connectivity index (χ2v) is 5.88. The van der Waals surface area contributed by atoms with Crippen molar-refractivity contribution in [3.05, 3.63) is 65.6 Å². The van der Waals surface area contributed by atoms with E-state index in [0.717, 1.165) is 30.6 Å². The van der Waals surface area contributed by atoms with Crippen LogP contribution in [0.4, 0.5) is 10.5 Å². The third kappa shape index (κ3) is 4.46. The van der Waals surface area contributed by atoms with E-state index < -0.39 is 6.09 Å². The molecule has 0 unspecified atom stereocenters. The third-order valence-corrected chi connectivity index (χ3v) is 3.98. The number of hydrogen-bond donors (Lipinski definition) is 3. The molecule has 134 valence electrons. The SMILES string of the molecule is Cc1noc(-c2ccc(CNCCc3ccncc3)cc2)c1NC(=O)O. The zero-order chi connectivity index (χ0) is 18.4. The van der Waals surface area contributed by atoms with Gasteiger partial charge >= 0.3 is 6.09 Å². The number of anilines is 1. The molecule has 0 spiro atoms. The van der Waals surface area contributed by atoms with Gasteiger partial charge < -0.3 is 14.9 Å². The van der Waals surface area contributed by atoms with Crippen molar-refractivity contribution in [2.24, 2.45) is 0 Å². The molecular formula is C19H20N4O3. The largest absolute Gasteiger partial charge is 0.465 e. The molecule has 2 aromatic heterocycles. The standard InChI is InChI=1S/C19H20N4O3/c1-13-17(22-19(24)25)18(26-23-13)16-4-2-15(3-5-16)12-21-11-8-14-6-9-20-10-7-14/h2-7,9-10,21-22H,8,11-12H2,1H3,(H,24,25). The Kier molecular flexibility index (Phi) is 5.60. The van der Waals surface area contributed by atoms with E-state index in [4.69, 9.17) is 9.63 Å². The fraction of sp³-hybridized carbons (Fsp3) is 0.211. The van der Waals surface area contributed by atoms with Gasteiger partial charge in [-0.3, -0.25) is 10.3 Å². The number of hydrogen-bond acceptors (Lipinski definition) is 5. The summed E-state index contributed by atoms with van der Waals surface area (Å²) in [5, 5.41) is 18.5. The average molecular weight is 352 g/mol. The van der Waals surface area contributed by atoms with Crippen molar-refractivity contribution in [2.45, 2.75) is 19.9 Å². The number of carboxylic acid groups (broad SMARTS) is 1. The number of rotatable bonds is 7. The van der Waals surface area contributed by atoms with E-state index in [1.807, 2.05) is 36.4 Å². The summed E-state index contributed by atoms with van der Waals surface area (Å²) in [5.74, 6) is 0.419. The Bertz CT molecular complexity index is 860. The first-order valence-corrected chi connectivity index (χ1v) is 8.28. The average Bonchev–Trinajstić information content (AvgIpc) is 3.00. The summed E-state index contributed by atoms with van der Waals surface area (Å²) in [6.45, 7) is 3.32. The highest BCUT2D eigenvalue weighted by molar-refractivity contribution is 5.89. The lowest BCUT2D eigenvalue weighted by Gasteiger charge is -2.06. The Morgan fingerprint density at radius 3 is 2.54 bits per heavy atom. The molecule has 0 radical (unpaired) electrons. The van der Waals surface area contributed by atoms with Crippen LogP contribution in [-0.4, -0.2) is 27.9 Å². The maximum Gasteiger partial charge on any atom is 0.409 e. The van der Waals surface area contributed by atoms with Crippen LogP contribution >= 0.6 is 0 Å². The van der Waals surface area contributed by atoms with Crippen LogP contribution in [0, 0.1) is 6.92 Å². The molecule has 0 bridgehead atoms. The molecule has 7 heteroatoms. The molecule has 0 aliphatic heterocycles. The number of aromatic nitrogens is 2. The first kappa shape index (κ1) is 17.6. The number of amides is 1. The summed E-state index contributed by atoms with van der Waals surface area (Å²) in [5.41, 5.74) is 4.04. The number of benzene rings is 1. The van der Waals surface area contributed by atoms with Crippen molar-refractivity contribution in [3.8, 4) is 11.3 Å². The number of carbonyl (C=O) groups is 1. The van der Waals surface area contributed by atoms with E-state index >= 15 is 0 Å². The van der Waals surface area contributed by atoms with Crippen molar-refractivity contribution < 1.29 is 14.4 Å². The highest BCUT2D eigenvalue weighted by Crippen LogP contribution is 2.30. The van der Waals surface area contributed by atoms with Crippen molar-refractivity contribution in [3.63, 3.8) is 0 Å². The smallest absolute Gasteiger partial charge is 0.409 e. The molecule has 2 heterocycles. The summed E-state index contributed by atoms with van der Waals surface area (Å²) in [7, 11) is 0. The summed E-state index contributed by atoms with van der Waals surface area (Å²) in [6.07, 6.45) is 3.40. The van der Waals surface area contributed by atoms with Crippen LogP contribution in [0.2, 0.25) is 0 Å². The van der Waals surface area contributed by atoms with Gasteiger partial charge in [-0.1, -0.05) is 29.4 Å². The molecular weight excluding hydrogens is 332 g/mol. The van der Waals surface area contributed by atoms with Crippen LogP contribution in [-0.2, 0) is 13.0 Å².